The standard InChI is InChI=1S/C13H10F3NO2S/c1-8-2-3-9(6-12(8)15)17-20(18,19)10-4-5-11(14)13(16)7-10/h2-7,17H,1H3. The van der Waals surface area contributed by atoms with Gasteiger partial charge in [0.25, 0.3) is 10.0 Å². The van der Waals surface area contributed by atoms with Gasteiger partial charge in [-0.3, -0.25) is 4.72 Å². The third kappa shape index (κ3) is 2.93. The van der Waals surface area contributed by atoms with Crippen molar-refractivity contribution in [1.29, 1.82) is 0 Å². The van der Waals surface area contributed by atoms with Crippen LogP contribution in [0.1, 0.15) is 5.56 Å². The molecule has 20 heavy (non-hydrogen) atoms. The number of aryl methyl sites for hydroxylation is 1. The number of anilines is 1. The molecule has 7 heteroatoms. The minimum atomic E-state index is -4.11. The molecule has 2 aromatic rings. The molecule has 106 valence electrons. The van der Waals surface area contributed by atoms with Gasteiger partial charge in [0, 0.05) is 0 Å². The maximum atomic E-state index is 13.3. The highest BCUT2D eigenvalue weighted by molar-refractivity contribution is 7.92. The highest BCUT2D eigenvalue weighted by atomic mass is 32.2. The molecule has 1 N–H and O–H groups in total. The van der Waals surface area contributed by atoms with Gasteiger partial charge >= 0.3 is 0 Å². The van der Waals surface area contributed by atoms with Crippen LogP contribution in [0.25, 0.3) is 0 Å². The molecule has 0 saturated heterocycles. The fraction of sp³-hybridized carbons (Fsp3) is 0.0769. The summed E-state index contributed by atoms with van der Waals surface area (Å²) in [5, 5.41) is 0. The number of rotatable bonds is 3. The monoisotopic (exact) mass is 301 g/mol. The average Bonchev–Trinajstić information content (AvgIpc) is 2.37. The maximum absolute atomic E-state index is 13.3. The normalized spacial score (nSPS) is 11.4. The van der Waals surface area contributed by atoms with E-state index >= 15 is 0 Å². The molecule has 0 amide bonds. The predicted molar refractivity (Wildman–Crippen MR) is 68.3 cm³/mol. The van der Waals surface area contributed by atoms with Crippen LogP contribution >= 0.6 is 0 Å². The number of benzene rings is 2. The first-order valence-electron chi connectivity index (χ1n) is 5.53. The summed E-state index contributed by atoms with van der Waals surface area (Å²) < 4.78 is 65.1. The van der Waals surface area contributed by atoms with E-state index in [1.165, 1.54) is 19.1 Å². The molecule has 2 rings (SSSR count). The van der Waals surface area contributed by atoms with Crippen LogP contribution in [0.15, 0.2) is 41.3 Å². The van der Waals surface area contributed by atoms with E-state index in [1.807, 2.05) is 0 Å². The van der Waals surface area contributed by atoms with Gasteiger partial charge in [0.2, 0.25) is 0 Å². The summed E-state index contributed by atoms with van der Waals surface area (Å²) >= 11 is 0. The molecule has 0 radical (unpaired) electrons. The van der Waals surface area contributed by atoms with Crippen LogP contribution in [0.5, 0.6) is 0 Å². The van der Waals surface area contributed by atoms with Crippen molar-refractivity contribution in [2.24, 2.45) is 0 Å². The number of hydrogen-bond donors (Lipinski definition) is 1. The van der Waals surface area contributed by atoms with Gasteiger partial charge in [-0.2, -0.15) is 0 Å². The molecule has 0 unspecified atom stereocenters. The minimum absolute atomic E-state index is 0.00201. The van der Waals surface area contributed by atoms with E-state index in [-0.39, 0.29) is 5.69 Å². The molecule has 3 nitrogen and oxygen atoms in total. The van der Waals surface area contributed by atoms with Gasteiger partial charge in [0.05, 0.1) is 10.6 Å². The van der Waals surface area contributed by atoms with Gasteiger partial charge < -0.3 is 0 Å². The molecule has 0 aliphatic heterocycles. The molecule has 0 aromatic heterocycles. The zero-order valence-corrected chi connectivity index (χ0v) is 11.1. The Labute approximate surface area is 114 Å². The molecule has 0 atom stereocenters. The molecular formula is C13H10F3NO2S. The smallest absolute Gasteiger partial charge is 0.262 e. The van der Waals surface area contributed by atoms with E-state index in [0.29, 0.717) is 17.7 Å². The fourth-order valence-corrected chi connectivity index (χ4v) is 2.58. The third-order valence-electron chi connectivity index (χ3n) is 2.63. The molecule has 0 aliphatic carbocycles. The Morgan fingerprint density at radius 3 is 2.20 bits per heavy atom. The summed E-state index contributed by atoms with van der Waals surface area (Å²) in [6.45, 7) is 1.53. The lowest BCUT2D eigenvalue weighted by atomic mass is 10.2. The molecule has 0 fully saturated rings. The van der Waals surface area contributed by atoms with Crippen molar-refractivity contribution < 1.29 is 21.6 Å². The van der Waals surface area contributed by atoms with Crippen LogP contribution in [-0.4, -0.2) is 8.42 Å². The largest absolute Gasteiger partial charge is 0.280 e. The first-order chi connectivity index (χ1) is 9.29. The Kier molecular flexibility index (Phi) is 3.71. The van der Waals surface area contributed by atoms with E-state index in [2.05, 4.69) is 4.72 Å². The van der Waals surface area contributed by atoms with E-state index in [4.69, 9.17) is 0 Å². The quantitative estimate of drug-likeness (QED) is 0.946. The number of nitrogens with one attached hydrogen (secondary N) is 1. The second-order valence-corrected chi connectivity index (χ2v) is 5.83. The zero-order chi connectivity index (χ0) is 14.9. The second kappa shape index (κ2) is 5.16. The van der Waals surface area contributed by atoms with Crippen molar-refractivity contribution >= 4 is 15.7 Å². The van der Waals surface area contributed by atoms with Gasteiger partial charge in [-0.15, -0.1) is 0 Å². The Bertz CT molecular complexity index is 760. The summed E-state index contributed by atoms with van der Waals surface area (Å²) in [5.41, 5.74) is 0.360. The van der Waals surface area contributed by atoms with Crippen molar-refractivity contribution in [3.05, 3.63) is 59.4 Å². The lowest BCUT2D eigenvalue weighted by Crippen LogP contribution is -2.13. The Morgan fingerprint density at radius 1 is 0.900 bits per heavy atom. The van der Waals surface area contributed by atoms with Crippen molar-refractivity contribution in [3.63, 3.8) is 0 Å². The van der Waals surface area contributed by atoms with Crippen LogP contribution in [0.3, 0.4) is 0 Å². The Morgan fingerprint density at radius 2 is 1.60 bits per heavy atom. The Hall–Kier alpha value is -2.02. The molecule has 0 heterocycles. The van der Waals surface area contributed by atoms with Crippen LogP contribution in [0.2, 0.25) is 0 Å². The van der Waals surface area contributed by atoms with Gasteiger partial charge in [0.15, 0.2) is 11.6 Å². The maximum Gasteiger partial charge on any atom is 0.262 e. The Balaban J connectivity index is 2.35. The highest BCUT2D eigenvalue weighted by Gasteiger charge is 2.17. The average molecular weight is 301 g/mol. The molecule has 2 aromatic carbocycles. The van der Waals surface area contributed by atoms with Crippen LogP contribution in [0, 0.1) is 24.4 Å². The van der Waals surface area contributed by atoms with Crippen molar-refractivity contribution in [1.82, 2.24) is 0 Å². The van der Waals surface area contributed by atoms with E-state index < -0.39 is 32.4 Å². The van der Waals surface area contributed by atoms with Crippen molar-refractivity contribution in [2.45, 2.75) is 11.8 Å². The number of halogens is 3. The third-order valence-corrected chi connectivity index (χ3v) is 4.00. The molecular weight excluding hydrogens is 291 g/mol. The fourth-order valence-electron chi connectivity index (χ4n) is 1.51. The van der Waals surface area contributed by atoms with E-state index in [9.17, 15) is 21.6 Å². The second-order valence-electron chi connectivity index (χ2n) is 4.15. The molecule has 0 spiro atoms. The highest BCUT2D eigenvalue weighted by Crippen LogP contribution is 2.20. The first kappa shape index (κ1) is 14.4. The molecule has 0 bridgehead atoms. The van der Waals surface area contributed by atoms with Crippen LogP contribution in [0.4, 0.5) is 18.9 Å². The van der Waals surface area contributed by atoms with Crippen molar-refractivity contribution in [3.8, 4) is 0 Å². The zero-order valence-electron chi connectivity index (χ0n) is 10.3. The predicted octanol–water partition coefficient (Wildman–Crippen LogP) is 3.21. The lowest BCUT2D eigenvalue weighted by molar-refractivity contribution is 0.504. The summed E-state index contributed by atoms with van der Waals surface area (Å²) in [6, 6.07) is 5.97. The van der Waals surface area contributed by atoms with Gasteiger partial charge in [0.1, 0.15) is 5.82 Å². The summed E-state index contributed by atoms with van der Waals surface area (Å²) in [6.07, 6.45) is 0. The van der Waals surface area contributed by atoms with E-state index in [1.54, 1.807) is 0 Å². The molecule has 0 aliphatic rings. The number of hydrogen-bond acceptors (Lipinski definition) is 2. The van der Waals surface area contributed by atoms with Gasteiger partial charge in [-0.1, -0.05) is 6.07 Å². The van der Waals surface area contributed by atoms with E-state index in [0.717, 1.165) is 12.1 Å². The lowest BCUT2D eigenvalue weighted by Gasteiger charge is -2.09. The summed E-state index contributed by atoms with van der Waals surface area (Å²) in [7, 11) is -4.11. The summed E-state index contributed by atoms with van der Waals surface area (Å²) in [5.74, 6) is -3.00. The van der Waals surface area contributed by atoms with Gasteiger partial charge in [-0.25, -0.2) is 21.6 Å². The minimum Gasteiger partial charge on any atom is -0.280 e. The molecule has 0 saturated carbocycles. The van der Waals surface area contributed by atoms with Crippen LogP contribution < -0.4 is 4.72 Å². The number of sulfonamides is 1. The van der Waals surface area contributed by atoms with Gasteiger partial charge in [-0.05, 0) is 42.8 Å². The van der Waals surface area contributed by atoms with Crippen LogP contribution in [-0.2, 0) is 10.0 Å². The first-order valence-corrected chi connectivity index (χ1v) is 7.02. The van der Waals surface area contributed by atoms with Crippen molar-refractivity contribution in [2.75, 3.05) is 4.72 Å². The topological polar surface area (TPSA) is 46.2 Å². The SMILES string of the molecule is Cc1ccc(NS(=O)(=O)c2ccc(F)c(F)c2)cc1F. The summed E-state index contributed by atoms with van der Waals surface area (Å²) in [4.78, 5) is -0.447.